The molecule has 0 radical (unpaired) electrons. The maximum absolute atomic E-state index is 11.8. The highest BCUT2D eigenvalue weighted by Crippen LogP contribution is 2.23. The lowest BCUT2D eigenvalue weighted by atomic mass is 10.1. The second-order valence-electron chi connectivity index (χ2n) is 6.19. The number of ether oxygens (including phenoxy) is 1. The van der Waals surface area contributed by atoms with Gasteiger partial charge in [-0.2, -0.15) is 0 Å². The number of imide groups is 1. The molecule has 1 aromatic carbocycles. The van der Waals surface area contributed by atoms with Gasteiger partial charge in [0.25, 0.3) is 0 Å². The highest BCUT2D eigenvalue weighted by atomic mass is 32.2. The van der Waals surface area contributed by atoms with Crippen molar-refractivity contribution >= 4 is 34.7 Å². The Morgan fingerprint density at radius 1 is 1.33 bits per heavy atom. The van der Waals surface area contributed by atoms with Crippen molar-refractivity contribution in [1.82, 2.24) is 20.6 Å². The lowest BCUT2D eigenvalue weighted by Crippen LogP contribution is -2.48. The Bertz CT molecular complexity index is 736. The van der Waals surface area contributed by atoms with Crippen molar-refractivity contribution in [3.05, 3.63) is 18.2 Å². The first-order valence-corrected chi connectivity index (χ1v) is 8.63. The van der Waals surface area contributed by atoms with E-state index in [1.54, 1.807) is 0 Å². The molecule has 0 aliphatic heterocycles. The third-order valence-electron chi connectivity index (χ3n) is 2.82. The molecule has 0 atom stereocenters. The minimum absolute atomic E-state index is 0.0930. The van der Waals surface area contributed by atoms with Crippen LogP contribution in [0.2, 0.25) is 0 Å². The molecule has 3 amide bonds. The van der Waals surface area contributed by atoms with Crippen molar-refractivity contribution in [1.29, 1.82) is 0 Å². The van der Waals surface area contributed by atoms with Crippen LogP contribution in [-0.4, -0.2) is 39.8 Å². The van der Waals surface area contributed by atoms with Crippen LogP contribution in [0.5, 0.6) is 5.75 Å². The van der Waals surface area contributed by atoms with Crippen LogP contribution in [-0.2, 0) is 4.79 Å². The van der Waals surface area contributed by atoms with Gasteiger partial charge in [0.2, 0.25) is 5.91 Å². The van der Waals surface area contributed by atoms with E-state index in [0.29, 0.717) is 11.8 Å². The van der Waals surface area contributed by atoms with Gasteiger partial charge in [-0.3, -0.25) is 10.1 Å². The monoisotopic (exact) mass is 350 g/mol. The lowest BCUT2D eigenvalue weighted by Gasteiger charge is -2.20. The first-order valence-electron chi connectivity index (χ1n) is 7.64. The number of nitrogens with one attached hydrogen (secondary N) is 3. The zero-order valence-electron chi connectivity index (χ0n) is 14.2. The zero-order chi connectivity index (χ0) is 17.7. The van der Waals surface area contributed by atoms with E-state index < -0.39 is 11.6 Å². The van der Waals surface area contributed by atoms with Crippen molar-refractivity contribution in [3.8, 4) is 5.75 Å². The van der Waals surface area contributed by atoms with E-state index in [9.17, 15) is 9.59 Å². The van der Waals surface area contributed by atoms with Gasteiger partial charge in [-0.25, -0.2) is 9.78 Å². The Morgan fingerprint density at radius 2 is 2.08 bits per heavy atom. The Labute approximate surface area is 144 Å². The Kier molecular flexibility index (Phi) is 5.71. The molecule has 0 fully saturated rings. The van der Waals surface area contributed by atoms with Gasteiger partial charge in [-0.15, -0.1) is 0 Å². The minimum Gasteiger partial charge on any atom is -0.494 e. The number of carbonyl (C=O) groups excluding carboxylic acids is 2. The van der Waals surface area contributed by atoms with Crippen LogP contribution in [0.25, 0.3) is 11.0 Å². The second kappa shape index (κ2) is 7.57. The summed E-state index contributed by atoms with van der Waals surface area (Å²) in [6.07, 6.45) is 0. The van der Waals surface area contributed by atoms with E-state index in [1.165, 1.54) is 11.8 Å². The smallest absolute Gasteiger partial charge is 0.321 e. The van der Waals surface area contributed by atoms with Gasteiger partial charge < -0.3 is 15.0 Å². The van der Waals surface area contributed by atoms with Gasteiger partial charge in [0.15, 0.2) is 5.16 Å². The van der Waals surface area contributed by atoms with E-state index in [2.05, 4.69) is 20.6 Å². The lowest BCUT2D eigenvalue weighted by molar-refractivity contribution is -0.117. The molecule has 3 N–H and O–H groups in total. The van der Waals surface area contributed by atoms with E-state index in [1.807, 2.05) is 45.9 Å². The number of nitrogens with zero attached hydrogens (tertiary/aromatic N) is 1. The Balaban J connectivity index is 1.90. The summed E-state index contributed by atoms with van der Waals surface area (Å²) >= 11 is 1.23. The van der Waals surface area contributed by atoms with Gasteiger partial charge in [0.05, 0.1) is 23.4 Å². The number of urea groups is 1. The molecule has 0 saturated heterocycles. The van der Waals surface area contributed by atoms with E-state index in [4.69, 9.17) is 4.74 Å². The average molecular weight is 350 g/mol. The summed E-state index contributed by atoms with van der Waals surface area (Å²) in [7, 11) is 0. The molecule has 1 aromatic heterocycles. The number of carbonyl (C=O) groups is 2. The fraction of sp³-hybridized carbons (Fsp3) is 0.438. The number of rotatable bonds is 5. The number of aromatic amines is 1. The summed E-state index contributed by atoms with van der Waals surface area (Å²) in [4.78, 5) is 31.0. The molecule has 0 saturated carbocycles. The Morgan fingerprint density at radius 3 is 2.75 bits per heavy atom. The molecule has 7 nitrogen and oxygen atoms in total. The molecule has 8 heteroatoms. The van der Waals surface area contributed by atoms with E-state index in [-0.39, 0.29) is 11.7 Å². The topological polar surface area (TPSA) is 96.1 Å². The molecule has 0 spiro atoms. The average Bonchev–Trinajstić information content (AvgIpc) is 2.85. The highest BCUT2D eigenvalue weighted by molar-refractivity contribution is 7.99. The summed E-state index contributed by atoms with van der Waals surface area (Å²) < 4.78 is 5.44. The molecule has 0 aliphatic rings. The maximum Gasteiger partial charge on any atom is 0.321 e. The van der Waals surface area contributed by atoms with Crippen molar-refractivity contribution in [3.63, 3.8) is 0 Å². The number of hydrogen-bond donors (Lipinski definition) is 3. The molecule has 2 aromatic rings. The summed E-state index contributed by atoms with van der Waals surface area (Å²) in [6.45, 7) is 8.05. The number of benzene rings is 1. The van der Waals surface area contributed by atoms with Gasteiger partial charge in [-0.1, -0.05) is 11.8 Å². The molecule has 130 valence electrons. The molecular weight excluding hydrogens is 328 g/mol. The standard InChI is InChI=1S/C16H22N4O3S/c1-5-23-10-6-7-11-12(8-10)18-15(17-11)24-9-13(21)19-14(22)20-16(2,3)4/h6-8H,5,9H2,1-4H3,(H,17,18)(H2,19,20,21,22). The number of aromatic nitrogens is 2. The number of hydrogen-bond acceptors (Lipinski definition) is 5. The molecule has 0 aliphatic carbocycles. The molecule has 0 unspecified atom stereocenters. The van der Waals surface area contributed by atoms with Crippen LogP contribution in [0.4, 0.5) is 4.79 Å². The van der Waals surface area contributed by atoms with Crippen LogP contribution >= 0.6 is 11.8 Å². The summed E-state index contributed by atoms with van der Waals surface area (Å²) in [5.74, 6) is 0.481. The molecule has 1 heterocycles. The van der Waals surface area contributed by atoms with Crippen molar-refractivity contribution in [2.75, 3.05) is 12.4 Å². The summed E-state index contributed by atoms with van der Waals surface area (Å²) in [5, 5.41) is 5.58. The van der Waals surface area contributed by atoms with Crippen LogP contribution in [0, 0.1) is 0 Å². The first-order chi connectivity index (χ1) is 11.3. The third kappa shape index (κ3) is 5.45. The number of H-pyrrole nitrogens is 1. The predicted molar refractivity (Wildman–Crippen MR) is 94.4 cm³/mol. The minimum atomic E-state index is -0.501. The van der Waals surface area contributed by atoms with Gasteiger partial charge in [-0.05, 0) is 39.8 Å². The molecular formula is C16H22N4O3S. The quantitative estimate of drug-likeness (QED) is 0.721. The molecule has 24 heavy (non-hydrogen) atoms. The van der Waals surface area contributed by atoms with Crippen LogP contribution in [0.1, 0.15) is 27.7 Å². The summed E-state index contributed by atoms with van der Waals surface area (Å²) in [5.41, 5.74) is 1.25. The van der Waals surface area contributed by atoms with Gasteiger partial charge >= 0.3 is 6.03 Å². The van der Waals surface area contributed by atoms with Crippen molar-refractivity contribution in [2.24, 2.45) is 0 Å². The summed E-state index contributed by atoms with van der Waals surface area (Å²) in [6, 6.07) is 5.08. The van der Waals surface area contributed by atoms with Gasteiger partial charge in [0, 0.05) is 11.6 Å². The van der Waals surface area contributed by atoms with Crippen molar-refractivity contribution < 1.29 is 14.3 Å². The third-order valence-corrected chi connectivity index (χ3v) is 3.70. The van der Waals surface area contributed by atoms with Crippen LogP contribution in [0.3, 0.4) is 0 Å². The number of thioether (sulfide) groups is 1. The molecule has 2 rings (SSSR count). The fourth-order valence-electron chi connectivity index (χ4n) is 1.96. The molecule has 0 bridgehead atoms. The predicted octanol–water partition coefficient (Wildman–Crippen LogP) is 2.68. The van der Waals surface area contributed by atoms with E-state index in [0.717, 1.165) is 16.8 Å². The van der Waals surface area contributed by atoms with Crippen LogP contribution in [0.15, 0.2) is 23.4 Å². The van der Waals surface area contributed by atoms with Crippen LogP contribution < -0.4 is 15.4 Å². The normalized spacial score (nSPS) is 11.3. The SMILES string of the molecule is CCOc1ccc2nc(SCC(=O)NC(=O)NC(C)(C)C)[nH]c2c1. The van der Waals surface area contributed by atoms with E-state index >= 15 is 0 Å². The first kappa shape index (κ1) is 18.1. The second-order valence-corrected chi connectivity index (χ2v) is 7.16. The largest absolute Gasteiger partial charge is 0.494 e. The Hall–Kier alpha value is -2.22. The number of amides is 3. The number of fused-ring (bicyclic) bond motifs is 1. The number of imidazole rings is 1. The van der Waals surface area contributed by atoms with Crippen molar-refractivity contribution in [2.45, 2.75) is 38.4 Å². The van der Waals surface area contributed by atoms with Gasteiger partial charge in [0.1, 0.15) is 5.75 Å². The zero-order valence-corrected chi connectivity index (χ0v) is 15.0. The highest BCUT2D eigenvalue weighted by Gasteiger charge is 2.16. The fourth-order valence-corrected chi connectivity index (χ4v) is 2.64. The maximum atomic E-state index is 11.8.